The zero-order valence-corrected chi connectivity index (χ0v) is 17.1. The number of carbonyl (C=O) groups is 2. The Balaban J connectivity index is 2.44. The second kappa shape index (κ2) is 13.6. The van der Waals surface area contributed by atoms with Crippen molar-refractivity contribution in [1.29, 1.82) is 0 Å². The van der Waals surface area contributed by atoms with Gasteiger partial charge in [-0.15, -0.1) is 0 Å². The topological polar surface area (TPSA) is 104 Å². The van der Waals surface area contributed by atoms with Crippen LogP contribution in [-0.2, 0) is 14.3 Å². The molecule has 0 aromatic rings. The second-order valence-corrected chi connectivity index (χ2v) is 7.62. The molecule has 0 radical (unpaired) electrons. The molecule has 28 heavy (non-hydrogen) atoms. The summed E-state index contributed by atoms with van der Waals surface area (Å²) in [5, 5.41) is 30.5. The number of rotatable bonds is 13. The Morgan fingerprint density at radius 3 is 2.61 bits per heavy atom. The smallest absolute Gasteiger partial charge is 0.303 e. The number of allylic oxidation sites excluding steroid dienone is 2. The highest BCUT2D eigenvalue weighted by Crippen LogP contribution is 2.36. The quantitative estimate of drug-likeness (QED) is 0.251. The van der Waals surface area contributed by atoms with E-state index in [2.05, 4.69) is 11.7 Å². The maximum absolute atomic E-state index is 11.5. The Labute approximate surface area is 168 Å². The number of aliphatic hydroxyl groups is 3. The average molecular weight is 397 g/mol. The van der Waals surface area contributed by atoms with Crippen molar-refractivity contribution in [1.82, 2.24) is 0 Å². The zero-order valence-electron chi connectivity index (χ0n) is 17.1. The van der Waals surface area contributed by atoms with Crippen LogP contribution in [0.3, 0.4) is 0 Å². The minimum Gasteiger partial charge on any atom is -0.458 e. The average Bonchev–Trinajstić information content (AvgIpc) is 2.91. The molecule has 5 atom stereocenters. The fourth-order valence-electron chi connectivity index (χ4n) is 3.53. The van der Waals surface area contributed by atoms with Crippen molar-refractivity contribution in [3.63, 3.8) is 0 Å². The van der Waals surface area contributed by atoms with Gasteiger partial charge in [-0.2, -0.15) is 0 Å². The summed E-state index contributed by atoms with van der Waals surface area (Å²) in [6.07, 6.45) is 11.3. The lowest BCUT2D eigenvalue weighted by Crippen LogP contribution is -2.20. The minimum absolute atomic E-state index is 0.109. The molecule has 1 fully saturated rings. The third-order valence-corrected chi connectivity index (χ3v) is 5.18. The molecule has 1 rings (SSSR count). The molecule has 0 aliphatic heterocycles. The number of ether oxygens (including phenoxy) is 1. The fraction of sp³-hybridized carbons (Fsp3) is 0.727. The van der Waals surface area contributed by atoms with Gasteiger partial charge < -0.3 is 20.1 Å². The molecule has 1 aliphatic rings. The number of esters is 1. The molecular weight excluding hydrogens is 360 g/mol. The van der Waals surface area contributed by atoms with E-state index in [4.69, 9.17) is 0 Å². The van der Waals surface area contributed by atoms with Gasteiger partial charge in [-0.05, 0) is 25.2 Å². The molecular formula is C22H36O6. The number of Topliss-reactive ketones (excluding diaryl/α,β-unsaturated/α-hetero) is 1. The Hall–Kier alpha value is -1.50. The van der Waals surface area contributed by atoms with E-state index in [1.807, 2.05) is 18.2 Å². The molecule has 3 N–H and O–H groups in total. The van der Waals surface area contributed by atoms with E-state index in [1.54, 1.807) is 6.08 Å². The third kappa shape index (κ3) is 9.62. The van der Waals surface area contributed by atoms with Crippen molar-refractivity contribution in [2.45, 2.75) is 83.5 Å². The Morgan fingerprint density at radius 1 is 1.18 bits per heavy atom. The van der Waals surface area contributed by atoms with E-state index in [1.165, 1.54) is 6.92 Å². The molecule has 0 amide bonds. The van der Waals surface area contributed by atoms with Gasteiger partial charge in [0.2, 0.25) is 0 Å². The summed E-state index contributed by atoms with van der Waals surface area (Å²) in [5.74, 6) is -0.894. The molecule has 0 aromatic carbocycles. The van der Waals surface area contributed by atoms with Crippen LogP contribution in [0.1, 0.15) is 65.2 Å². The van der Waals surface area contributed by atoms with Gasteiger partial charge in [-0.3, -0.25) is 9.59 Å². The van der Waals surface area contributed by atoms with Gasteiger partial charge in [0.05, 0.1) is 18.3 Å². The molecule has 0 spiro atoms. The van der Waals surface area contributed by atoms with Gasteiger partial charge in [0.25, 0.3) is 0 Å². The SMILES string of the molecule is CCCCC[C@H](O)C=C[C@@H]1[C@@H](CC=CCCC(=O)COC(C)=O)[C@@H](O)C[C@H]1O. The molecule has 1 saturated carbocycles. The Morgan fingerprint density at radius 2 is 1.93 bits per heavy atom. The molecule has 0 aromatic heterocycles. The summed E-state index contributed by atoms with van der Waals surface area (Å²) < 4.78 is 4.66. The predicted octanol–water partition coefficient (Wildman–Crippen LogP) is 2.70. The van der Waals surface area contributed by atoms with Crippen molar-refractivity contribution in [3.8, 4) is 0 Å². The van der Waals surface area contributed by atoms with Gasteiger partial charge in [0.1, 0.15) is 6.61 Å². The van der Waals surface area contributed by atoms with E-state index < -0.39 is 24.3 Å². The molecule has 0 bridgehead atoms. The van der Waals surface area contributed by atoms with Gasteiger partial charge in [-0.25, -0.2) is 0 Å². The maximum atomic E-state index is 11.5. The van der Waals surface area contributed by atoms with E-state index in [9.17, 15) is 24.9 Å². The first-order valence-electron chi connectivity index (χ1n) is 10.4. The van der Waals surface area contributed by atoms with Crippen LogP contribution in [0.4, 0.5) is 0 Å². The molecule has 1 aliphatic carbocycles. The van der Waals surface area contributed by atoms with Crippen molar-refractivity contribution >= 4 is 11.8 Å². The van der Waals surface area contributed by atoms with Crippen LogP contribution in [0.25, 0.3) is 0 Å². The lowest BCUT2D eigenvalue weighted by Gasteiger charge is -2.19. The number of aliphatic hydroxyl groups excluding tert-OH is 3. The highest BCUT2D eigenvalue weighted by atomic mass is 16.5. The Kier molecular flexibility index (Phi) is 12.0. The van der Waals surface area contributed by atoms with Crippen LogP contribution in [0.2, 0.25) is 0 Å². The van der Waals surface area contributed by atoms with Crippen LogP contribution in [0, 0.1) is 11.8 Å². The van der Waals surface area contributed by atoms with Crippen LogP contribution in [-0.4, -0.2) is 52.0 Å². The monoisotopic (exact) mass is 396 g/mol. The van der Waals surface area contributed by atoms with Crippen molar-refractivity contribution in [3.05, 3.63) is 24.3 Å². The van der Waals surface area contributed by atoms with Crippen LogP contribution in [0.5, 0.6) is 0 Å². The highest BCUT2D eigenvalue weighted by Gasteiger charge is 2.39. The van der Waals surface area contributed by atoms with Gasteiger partial charge in [-0.1, -0.05) is 50.5 Å². The predicted molar refractivity (Wildman–Crippen MR) is 108 cm³/mol. The van der Waals surface area contributed by atoms with Crippen LogP contribution in [0.15, 0.2) is 24.3 Å². The highest BCUT2D eigenvalue weighted by molar-refractivity contribution is 5.81. The molecule has 0 unspecified atom stereocenters. The summed E-state index contributed by atoms with van der Waals surface area (Å²) in [5.41, 5.74) is 0. The maximum Gasteiger partial charge on any atom is 0.303 e. The third-order valence-electron chi connectivity index (χ3n) is 5.18. The normalized spacial score (nSPS) is 26.2. The van der Waals surface area contributed by atoms with Crippen LogP contribution < -0.4 is 0 Å². The standard InChI is InChI=1S/C22H36O6/c1-3-4-6-9-17(24)12-13-20-19(21(26)14-22(20)27)11-8-5-7-10-18(25)15-28-16(2)23/h5,8,12-13,17,19-22,24,26-27H,3-4,6-7,9-11,14-15H2,1-2H3/t17-,19+,20+,21-,22+/m0/s1. The lowest BCUT2D eigenvalue weighted by molar-refractivity contribution is -0.145. The minimum atomic E-state index is -0.613. The largest absolute Gasteiger partial charge is 0.458 e. The molecule has 6 heteroatoms. The summed E-state index contributed by atoms with van der Waals surface area (Å²) in [7, 11) is 0. The molecule has 0 heterocycles. The lowest BCUT2D eigenvalue weighted by atomic mass is 9.89. The van der Waals surface area contributed by atoms with E-state index in [0.29, 0.717) is 32.1 Å². The number of unbranched alkanes of at least 4 members (excludes halogenated alkanes) is 2. The van der Waals surface area contributed by atoms with Gasteiger partial charge in [0.15, 0.2) is 5.78 Å². The fourth-order valence-corrected chi connectivity index (χ4v) is 3.53. The van der Waals surface area contributed by atoms with E-state index in [-0.39, 0.29) is 24.2 Å². The summed E-state index contributed by atoms with van der Waals surface area (Å²) in [4.78, 5) is 22.2. The van der Waals surface area contributed by atoms with Crippen molar-refractivity contribution in [2.75, 3.05) is 6.61 Å². The summed E-state index contributed by atoms with van der Waals surface area (Å²) in [6.45, 7) is 3.19. The number of hydrogen-bond acceptors (Lipinski definition) is 6. The number of hydrogen-bond donors (Lipinski definition) is 3. The van der Waals surface area contributed by atoms with Crippen molar-refractivity contribution in [2.24, 2.45) is 11.8 Å². The molecule has 6 nitrogen and oxygen atoms in total. The van der Waals surface area contributed by atoms with E-state index in [0.717, 1.165) is 19.3 Å². The summed E-state index contributed by atoms with van der Waals surface area (Å²) >= 11 is 0. The Bertz CT molecular complexity index is 527. The molecule has 0 saturated heterocycles. The van der Waals surface area contributed by atoms with Gasteiger partial charge in [0, 0.05) is 25.7 Å². The first-order valence-corrected chi connectivity index (χ1v) is 10.4. The molecule has 160 valence electrons. The van der Waals surface area contributed by atoms with Crippen molar-refractivity contribution < 1.29 is 29.6 Å². The zero-order chi connectivity index (χ0) is 20.9. The number of carbonyl (C=O) groups excluding carboxylic acids is 2. The van der Waals surface area contributed by atoms with Gasteiger partial charge >= 0.3 is 5.97 Å². The van der Waals surface area contributed by atoms with E-state index >= 15 is 0 Å². The van der Waals surface area contributed by atoms with Crippen LogP contribution >= 0.6 is 0 Å². The second-order valence-electron chi connectivity index (χ2n) is 7.62. The first-order chi connectivity index (χ1) is 13.3. The first kappa shape index (κ1) is 24.5. The summed E-state index contributed by atoms with van der Waals surface area (Å²) in [6, 6.07) is 0. The number of ketones is 1.